The number of rotatable bonds is 8. The summed E-state index contributed by atoms with van der Waals surface area (Å²) < 4.78 is 4.99. The molecule has 0 N–H and O–H groups in total. The Hall–Kier alpha value is -0.940. The topological polar surface area (TPSA) is 49.9 Å². The molecule has 0 aromatic carbocycles. The average Bonchev–Trinajstić information content (AvgIpc) is 2.33. The Morgan fingerprint density at radius 2 is 1.76 bits per heavy atom. The van der Waals surface area contributed by atoms with Crippen LogP contribution in [0.25, 0.3) is 0 Å². The molecule has 1 rings (SSSR count). The van der Waals surface area contributed by atoms with Crippen LogP contribution in [0, 0.1) is 5.41 Å². The molecule has 5 nitrogen and oxygen atoms in total. The summed E-state index contributed by atoms with van der Waals surface area (Å²) in [5, 5.41) is 0. The minimum absolute atomic E-state index is 0.0864. The van der Waals surface area contributed by atoms with E-state index >= 15 is 0 Å². The van der Waals surface area contributed by atoms with Crippen LogP contribution in [0.2, 0.25) is 0 Å². The molecule has 1 saturated carbocycles. The Bertz CT molecular complexity index is 387. The number of hydrogen-bond acceptors (Lipinski definition) is 5. The van der Waals surface area contributed by atoms with E-state index in [4.69, 9.17) is 4.74 Å². The quantitative estimate of drug-likeness (QED) is 0.503. The first kappa shape index (κ1) is 18.1. The first-order chi connectivity index (χ1) is 9.65. The minimum atomic E-state index is -1.07. The summed E-state index contributed by atoms with van der Waals surface area (Å²) in [4.78, 5) is 28.6. The monoisotopic (exact) mass is 298 g/mol. The third-order valence-electron chi connectivity index (χ3n) is 4.69. The molecule has 0 saturated heterocycles. The van der Waals surface area contributed by atoms with Crippen LogP contribution < -0.4 is 0 Å². The summed E-state index contributed by atoms with van der Waals surface area (Å²) in [6.07, 6.45) is 3.58. The lowest BCUT2D eigenvalue weighted by Gasteiger charge is -2.49. The second-order valence-electron chi connectivity index (χ2n) is 6.91. The number of carbonyl (C=O) groups excluding carboxylic acids is 2. The van der Waals surface area contributed by atoms with Gasteiger partial charge in [-0.1, -0.05) is 0 Å². The molecule has 0 bridgehead atoms. The lowest BCUT2D eigenvalue weighted by atomic mass is 9.75. The van der Waals surface area contributed by atoms with Crippen molar-refractivity contribution in [1.29, 1.82) is 0 Å². The fourth-order valence-electron chi connectivity index (χ4n) is 2.76. The zero-order valence-electron chi connectivity index (χ0n) is 14.4. The van der Waals surface area contributed by atoms with Crippen LogP contribution in [0.4, 0.5) is 0 Å². The highest BCUT2D eigenvalue weighted by atomic mass is 16.5. The van der Waals surface area contributed by atoms with E-state index in [1.54, 1.807) is 20.8 Å². The van der Waals surface area contributed by atoms with Gasteiger partial charge in [-0.2, -0.15) is 0 Å². The van der Waals surface area contributed by atoms with Gasteiger partial charge in [-0.15, -0.1) is 0 Å². The van der Waals surface area contributed by atoms with Gasteiger partial charge in [0.2, 0.25) is 0 Å². The predicted molar refractivity (Wildman–Crippen MR) is 83.2 cm³/mol. The Balaban J connectivity index is 2.59. The van der Waals surface area contributed by atoms with Crippen LogP contribution in [0.15, 0.2) is 0 Å². The molecule has 1 aliphatic carbocycles. The molecule has 0 radical (unpaired) electrons. The molecule has 0 unspecified atom stereocenters. The first-order valence-corrected chi connectivity index (χ1v) is 7.72. The summed E-state index contributed by atoms with van der Waals surface area (Å²) in [6, 6.07) is 0. The fourth-order valence-corrected chi connectivity index (χ4v) is 2.76. The van der Waals surface area contributed by atoms with E-state index in [0.717, 1.165) is 6.54 Å². The molecule has 0 spiro atoms. The maximum Gasteiger partial charge on any atom is 0.319 e. The average molecular weight is 298 g/mol. The van der Waals surface area contributed by atoms with E-state index in [1.165, 1.54) is 19.3 Å². The van der Waals surface area contributed by atoms with Crippen molar-refractivity contribution < 1.29 is 14.3 Å². The van der Waals surface area contributed by atoms with Crippen molar-refractivity contribution in [3.63, 3.8) is 0 Å². The molecule has 1 aliphatic rings. The second-order valence-corrected chi connectivity index (χ2v) is 6.91. The molecular weight excluding hydrogens is 268 g/mol. The molecule has 0 aliphatic heterocycles. The molecular formula is C16H30N2O3. The lowest BCUT2D eigenvalue weighted by Crippen LogP contribution is -2.57. The van der Waals surface area contributed by atoms with Gasteiger partial charge in [-0.25, -0.2) is 0 Å². The Morgan fingerprint density at radius 1 is 1.19 bits per heavy atom. The number of hydrogen-bond donors (Lipinski definition) is 0. The van der Waals surface area contributed by atoms with Crippen molar-refractivity contribution in [3.05, 3.63) is 0 Å². The number of ether oxygens (including phenoxy) is 1. The van der Waals surface area contributed by atoms with Crippen molar-refractivity contribution in [2.45, 2.75) is 45.6 Å². The zero-order chi connectivity index (χ0) is 16.3. The van der Waals surface area contributed by atoms with Crippen LogP contribution in [0.3, 0.4) is 0 Å². The Morgan fingerprint density at radius 3 is 2.14 bits per heavy atom. The maximum atomic E-state index is 12.4. The number of carbonyl (C=O) groups is 2. The smallest absolute Gasteiger partial charge is 0.319 e. The molecule has 0 heterocycles. The van der Waals surface area contributed by atoms with Crippen LogP contribution in [0.1, 0.15) is 40.0 Å². The molecule has 0 amide bonds. The number of esters is 1. The van der Waals surface area contributed by atoms with Gasteiger partial charge in [0.15, 0.2) is 5.78 Å². The van der Waals surface area contributed by atoms with Gasteiger partial charge in [-0.3, -0.25) is 14.5 Å². The van der Waals surface area contributed by atoms with Gasteiger partial charge in [0.25, 0.3) is 0 Å². The number of likely N-dealkylation sites (N-methyl/N-ethyl adjacent to an activating group) is 2. The maximum absolute atomic E-state index is 12.4. The minimum Gasteiger partial charge on any atom is -0.465 e. The summed E-state index contributed by atoms with van der Waals surface area (Å²) in [7, 11) is 6.14. The molecule has 0 aromatic rings. The zero-order valence-corrected chi connectivity index (χ0v) is 14.4. The summed E-state index contributed by atoms with van der Waals surface area (Å²) >= 11 is 0. The number of ketones is 1. The van der Waals surface area contributed by atoms with Gasteiger partial charge in [0.05, 0.1) is 13.2 Å². The molecule has 5 heteroatoms. The van der Waals surface area contributed by atoms with Gasteiger partial charge < -0.3 is 9.64 Å². The Labute approximate surface area is 128 Å². The van der Waals surface area contributed by atoms with Crippen molar-refractivity contribution in [2.75, 3.05) is 40.8 Å². The highest BCUT2D eigenvalue weighted by Crippen LogP contribution is 2.36. The summed E-state index contributed by atoms with van der Waals surface area (Å²) in [5.41, 5.74) is -0.891. The molecule has 122 valence electrons. The third-order valence-corrected chi connectivity index (χ3v) is 4.69. The van der Waals surface area contributed by atoms with E-state index in [0.29, 0.717) is 6.61 Å². The van der Waals surface area contributed by atoms with Crippen LogP contribution in [0.5, 0.6) is 0 Å². The van der Waals surface area contributed by atoms with E-state index in [9.17, 15) is 9.59 Å². The molecule has 0 aromatic heterocycles. The van der Waals surface area contributed by atoms with Gasteiger partial charge >= 0.3 is 5.97 Å². The largest absolute Gasteiger partial charge is 0.465 e. The van der Waals surface area contributed by atoms with Crippen molar-refractivity contribution >= 4 is 11.8 Å². The highest BCUT2D eigenvalue weighted by Gasteiger charge is 2.42. The van der Waals surface area contributed by atoms with Gasteiger partial charge in [0, 0.05) is 12.1 Å². The molecule has 1 fully saturated rings. The van der Waals surface area contributed by atoms with Gasteiger partial charge in [0.1, 0.15) is 5.41 Å². The van der Waals surface area contributed by atoms with E-state index in [2.05, 4.69) is 19.0 Å². The van der Waals surface area contributed by atoms with Crippen LogP contribution in [-0.4, -0.2) is 67.9 Å². The van der Waals surface area contributed by atoms with E-state index < -0.39 is 11.4 Å². The van der Waals surface area contributed by atoms with E-state index in [1.807, 2.05) is 11.9 Å². The van der Waals surface area contributed by atoms with Crippen LogP contribution >= 0.6 is 0 Å². The van der Waals surface area contributed by atoms with E-state index in [-0.39, 0.29) is 17.9 Å². The van der Waals surface area contributed by atoms with Crippen molar-refractivity contribution in [2.24, 2.45) is 5.41 Å². The lowest BCUT2D eigenvalue weighted by molar-refractivity contribution is -0.158. The predicted octanol–water partition coefficient (Wildman–Crippen LogP) is 1.56. The van der Waals surface area contributed by atoms with Crippen molar-refractivity contribution in [1.82, 2.24) is 9.80 Å². The number of nitrogens with zero attached hydrogens (tertiary/aromatic N) is 2. The Kier molecular flexibility index (Phi) is 5.93. The first-order valence-electron chi connectivity index (χ1n) is 7.72. The SMILES string of the molecule is CCOC(=O)C(C)(C)C(=O)CN(C)CC1(N(C)C)CCC1. The van der Waals surface area contributed by atoms with Crippen LogP contribution in [-0.2, 0) is 14.3 Å². The van der Waals surface area contributed by atoms with Crippen molar-refractivity contribution in [3.8, 4) is 0 Å². The highest BCUT2D eigenvalue weighted by molar-refractivity contribution is 6.03. The number of Topliss-reactive ketones (excluding diaryl/α,β-unsaturated/α-hetero) is 1. The standard InChI is InChI=1S/C16H30N2O3/c1-7-21-14(20)15(2,3)13(19)11-18(6)12-16(17(4)5)9-8-10-16/h7-12H2,1-6H3. The normalized spacial score (nSPS) is 17.7. The van der Waals surface area contributed by atoms with Gasteiger partial charge in [-0.05, 0) is 61.2 Å². The second kappa shape index (κ2) is 6.88. The fraction of sp³-hybridized carbons (Fsp3) is 0.875. The summed E-state index contributed by atoms with van der Waals surface area (Å²) in [6.45, 7) is 6.47. The third kappa shape index (κ3) is 4.04. The molecule has 0 atom stereocenters. The molecule has 21 heavy (non-hydrogen) atoms. The summed E-state index contributed by atoms with van der Waals surface area (Å²) in [5.74, 6) is -0.522.